The number of benzene rings is 1. The Labute approximate surface area is 145 Å². The number of aliphatic carboxylic acids is 1. The van der Waals surface area contributed by atoms with Crippen LogP contribution in [0.4, 0.5) is 5.69 Å². The number of ether oxygens (including phenoxy) is 1. The van der Waals surface area contributed by atoms with E-state index in [2.05, 4.69) is 13.8 Å². The van der Waals surface area contributed by atoms with E-state index >= 15 is 0 Å². The van der Waals surface area contributed by atoms with Crippen LogP contribution in [0.2, 0.25) is 0 Å². The summed E-state index contributed by atoms with van der Waals surface area (Å²) in [6.45, 7) is 6.22. The van der Waals surface area contributed by atoms with Crippen LogP contribution in [0.1, 0.15) is 43.2 Å². The summed E-state index contributed by atoms with van der Waals surface area (Å²) in [6, 6.07) is 3.19. The first kappa shape index (κ1) is 17.4. The van der Waals surface area contributed by atoms with Crippen LogP contribution in [-0.2, 0) is 22.5 Å². The standard InChI is InChI=1S/C18H22N2O5/c1-4-10(2)18-17-12(7-8-25-18)15-13(20(23)24)6-5-11(3)16(15)19(17)9-14(21)22/h5-6,10,18H,4,7-9H2,1-3H3,(H,21,22)/t10?,18-/m1/s1. The van der Waals surface area contributed by atoms with E-state index < -0.39 is 5.97 Å². The van der Waals surface area contributed by atoms with Gasteiger partial charge in [0.2, 0.25) is 0 Å². The molecular formula is C18H22N2O5. The minimum absolute atomic E-state index is 0.0331. The zero-order valence-electron chi connectivity index (χ0n) is 14.6. The third kappa shape index (κ3) is 2.78. The number of carboxylic acids is 1. The van der Waals surface area contributed by atoms with E-state index in [9.17, 15) is 20.0 Å². The molecule has 0 aliphatic carbocycles. The highest BCUT2D eigenvalue weighted by molar-refractivity contribution is 5.96. The molecule has 3 rings (SSSR count). The molecule has 0 spiro atoms. The van der Waals surface area contributed by atoms with Crippen LogP contribution in [0.25, 0.3) is 10.9 Å². The summed E-state index contributed by atoms with van der Waals surface area (Å²) < 4.78 is 7.68. The molecule has 1 N–H and O–H groups in total. The molecule has 0 saturated carbocycles. The second kappa shape index (κ2) is 6.48. The van der Waals surface area contributed by atoms with Crippen molar-refractivity contribution >= 4 is 22.6 Å². The smallest absolute Gasteiger partial charge is 0.323 e. The zero-order chi connectivity index (χ0) is 18.3. The number of nitro benzene ring substituents is 1. The van der Waals surface area contributed by atoms with Crippen molar-refractivity contribution < 1.29 is 19.6 Å². The fourth-order valence-electron chi connectivity index (χ4n) is 3.79. The van der Waals surface area contributed by atoms with Crippen LogP contribution >= 0.6 is 0 Å². The molecular weight excluding hydrogens is 324 g/mol. The van der Waals surface area contributed by atoms with Gasteiger partial charge in [-0.15, -0.1) is 0 Å². The number of hydrogen-bond acceptors (Lipinski definition) is 4. The number of nitrogens with zero attached hydrogens (tertiary/aromatic N) is 2. The number of rotatable bonds is 5. The predicted molar refractivity (Wildman–Crippen MR) is 92.8 cm³/mol. The van der Waals surface area contributed by atoms with E-state index in [1.54, 1.807) is 10.6 Å². The minimum atomic E-state index is -0.973. The molecule has 25 heavy (non-hydrogen) atoms. The zero-order valence-corrected chi connectivity index (χ0v) is 14.6. The van der Waals surface area contributed by atoms with Gasteiger partial charge in [0.25, 0.3) is 5.69 Å². The molecule has 0 bridgehead atoms. The maximum Gasteiger partial charge on any atom is 0.323 e. The van der Waals surface area contributed by atoms with E-state index in [0.717, 1.165) is 23.2 Å². The Kier molecular flexibility index (Phi) is 4.51. The molecule has 2 aromatic rings. The lowest BCUT2D eigenvalue weighted by molar-refractivity contribution is -0.383. The first-order valence-electron chi connectivity index (χ1n) is 8.49. The van der Waals surface area contributed by atoms with Crippen molar-refractivity contribution in [1.29, 1.82) is 0 Å². The lowest BCUT2D eigenvalue weighted by atomic mass is 9.92. The summed E-state index contributed by atoms with van der Waals surface area (Å²) in [4.78, 5) is 22.7. The molecule has 7 nitrogen and oxygen atoms in total. The number of carboxylic acid groups (broad SMARTS) is 1. The van der Waals surface area contributed by atoms with E-state index in [-0.39, 0.29) is 29.2 Å². The van der Waals surface area contributed by atoms with E-state index in [1.807, 2.05) is 6.92 Å². The van der Waals surface area contributed by atoms with Gasteiger partial charge in [0.15, 0.2) is 0 Å². The summed E-state index contributed by atoms with van der Waals surface area (Å²) in [5, 5.41) is 21.5. The second-order valence-electron chi connectivity index (χ2n) is 6.65. The van der Waals surface area contributed by atoms with Crippen molar-refractivity contribution in [3.8, 4) is 0 Å². The highest BCUT2D eigenvalue weighted by Crippen LogP contribution is 2.43. The van der Waals surface area contributed by atoms with E-state index in [0.29, 0.717) is 23.9 Å². The minimum Gasteiger partial charge on any atom is -0.480 e. The van der Waals surface area contributed by atoms with Crippen LogP contribution in [0.3, 0.4) is 0 Å². The van der Waals surface area contributed by atoms with E-state index in [4.69, 9.17) is 4.74 Å². The monoisotopic (exact) mass is 346 g/mol. The molecule has 1 aromatic carbocycles. The van der Waals surface area contributed by atoms with Crippen molar-refractivity contribution in [2.45, 2.75) is 46.3 Å². The number of non-ortho nitro benzene ring substituents is 1. The number of fused-ring (bicyclic) bond motifs is 3. The van der Waals surface area contributed by atoms with Gasteiger partial charge in [-0.25, -0.2) is 0 Å². The molecule has 0 amide bonds. The Bertz CT molecular complexity index is 855. The molecule has 1 aliphatic heterocycles. The maximum absolute atomic E-state index is 11.6. The number of aromatic nitrogens is 1. The van der Waals surface area contributed by atoms with Gasteiger partial charge in [-0.2, -0.15) is 0 Å². The lowest BCUT2D eigenvalue weighted by Gasteiger charge is -2.30. The molecule has 0 saturated heterocycles. The molecule has 134 valence electrons. The predicted octanol–water partition coefficient (Wildman–Crippen LogP) is 3.60. The Balaban J connectivity index is 2.41. The van der Waals surface area contributed by atoms with Gasteiger partial charge in [-0.05, 0) is 30.4 Å². The molecule has 2 atom stereocenters. The quantitative estimate of drug-likeness (QED) is 0.659. The Morgan fingerprint density at radius 3 is 2.84 bits per heavy atom. The van der Waals surface area contributed by atoms with Crippen LogP contribution < -0.4 is 0 Å². The van der Waals surface area contributed by atoms with Crippen LogP contribution in [-0.4, -0.2) is 27.2 Å². The number of aryl methyl sites for hydroxylation is 1. The van der Waals surface area contributed by atoms with Gasteiger partial charge in [0, 0.05) is 6.07 Å². The van der Waals surface area contributed by atoms with Crippen LogP contribution in [0, 0.1) is 23.0 Å². The summed E-state index contributed by atoms with van der Waals surface area (Å²) in [6.07, 6.45) is 1.18. The summed E-state index contributed by atoms with van der Waals surface area (Å²) in [5.41, 5.74) is 3.16. The average Bonchev–Trinajstić information content (AvgIpc) is 2.89. The number of carbonyl (C=O) groups is 1. The van der Waals surface area contributed by atoms with Gasteiger partial charge in [0.05, 0.1) is 28.1 Å². The average molecular weight is 346 g/mol. The molecule has 2 heterocycles. The molecule has 7 heteroatoms. The summed E-state index contributed by atoms with van der Waals surface area (Å²) in [7, 11) is 0. The van der Waals surface area contributed by atoms with Gasteiger partial charge in [-0.1, -0.05) is 26.3 Å². The topological polar surface area (TPSA) is 94.6 Å². The summed E-state index contributed by atoms with van der Waals surface area (Å²) >= 11 is 0. The lowest BCUT2D eigenvalue weighted by Crippen LogP contribution is -2.25. The van der Waals surface area contributed by atoms with Crippen molar-refractivity contribution in [3.05, 3.63) is 39.1 Å². The van der Waals surface area contributed by atoms with Crippen molar-refractivity contribution in [2.24, 2.45) is 5.92 Å². The van der Waals surface area contributed by atoms with Crippen molar-refractivity contribution in [1.82, 2.24) is 4.57 Å². The Hall–Kier alpha value is -2.41. The Morgan fingerprint density at radius 1 is 1.52 bits per heavy atom. The SMILES string of the molecule is CCC(C)[C@H]1OCCc2c1n(CC(=O)O)c1c(C)ccc([N+](=O)[O-])c21. The summed E-state index contributed by atoms with van der Waals surface area (Å²) in [5.74, 6) is -0.783. The largest absolute Gasteiger partial charge is 0.480 e. The third-order valence-electron chi connectivity index (χ3n) is 5.10. The van der Waals surface area contributed by atoms with E-state index in [1.165, 1.54) is 6.07 Å². The molecule has 1 aliphatic rings. The Morgan fingerprint density at radius 2 is 2.24 bits per heavy atom. The molecule has 0 fully saturated rings. The van der Waals surface area contributed by atoms with Crippen molar-refractivity contribution in [3.63, 3.8) is 0 Å². The van der Waals surface area contributed by atoms with Gasteiger partial charge >= 0.3 is 5.97 Å². The molecule has 0 radical (unpaired) electrons. The fourth-order valence-corrected chi connectivity index (χ4v) is 3.79. The normalized spacial score (nSPS) is 18.1. The highest BCUT2D eigenvalue weighted by atomic mass is 16.6. The highest BCUT2D eigenvalue weighted by Gasteiger charge is 2.35. The number of nitro groups is 1. The molecule has 1 unspecified atom stereocenters. The van der Waals surface area contributed by atoms with Gasteiger partial charge in [-0.3, -0.25) is 14.9 Å². The first-order chi connectivity index (χ1) is 11.9. The third-order valence-corrected chi connectivity index (χ3v) is 5.10. The van der Waals surface area contributed by atoms with Gasteiger partial charge < -0.3 is 14.4 Å². The number of hydrogen-bond donors (Lipinski definition) is 1. The first-order valence-corrected chi connectivity index (χ1v) is 8.49. The van der Waals surface area contributed by atoms with Crippen molar-refractivity contribution in [2.75, 3.05) is 6.61 Å². The maximum atomic E-state index is 11.6. The van der Waals surface area contributed by atoms with Gasteiger partial charge in [0.1, 0.15) is 12.6 Å². The van der Waals surface area contributed by atoms with Crippen LogP contribution in [0.15, 0.2) is 12.1 Å². The fraction of sp³-hybridized carbons (Fsp3) is 0.500. The second-order valence-corrected chi connectivity index (χ2v) is 6.65. The van der Waals surface area contributed by atoms with Crippen LogP contribution in [0.5, 0.6) is 0 Å². The molecule has 1 aromatic heterocycles.